The van der Waals surface area contributed by atoms with Gasteiger partial charge in [-0.25, -0.2) is 9.37 Å². The number of rotatable bonds is 2. The maximum Gasteiger partial charge on any atom is 0.205 e. The molecule has 0 aliphatic carbocycles. The average Bonchev–Trinajstić information content (AvgIpc) is 2.75. The molecule has 0 saturated carbocycles. The van der Waals surface area contributed by atoms with Crippen LogP contribution in [-0.2, 0) is 6.42 Å². The molecule has 3 nitrogen and oxygen atoms in total. The number of imidazole rings is 1. The first-order chi connectivity index (χ1) is 10.0. The Kier molecular flexibility index (Phi) is 3.63. The zero-order valence-corrected chi connectivity index (χ0v) is 13.5. The fourth-order valence-electron chi connectivity index (χ4n) is 2.40. The molecule has 0 fully saturated rings. The molecule has 0 atom stereocenters. The van der Waals surface area contributed by atoms with E-state index in [1.54, 1.807) is 10.6 Å². The molecular weight excluding hydrogens is 357 g/mol. The number of halogens is 3. The Bertz CT molecular complexity index is 845. The van der Waals surface area contributed by atoms with E-state index in [0.29, 0.717) is 17.0 Å². The third kappa shape index (κ3) is 2.40. The van der Waals surface area contributed by atoms with Gasteiger partial charge in [-0.1, -0.05) is 34.5 Å². The van der Waals surface area contributed by atoms with Crippen molar-refractivity contribution in [3.63, 3.8) is 0 Å². The second-order valence-corrected chi connectivity index (χ2v) is 6.01. The van der Waals surface area contributed by atoms with Crippen molar-refractivity contribution in [2.24, 2.45) is 0 Å². The van der Waals surface area contributed by atoms with Gasteiger partial charge in [0.15, 0.2) is 0 Å². The number of aromatic nitrogens is 2. The van der Waals surface area contributed by atoms with E-state index in [1.165, 1.54) is 6.07 Å². The van der Waals surface area contributed by atoms with Crippen molar-refractivity contribution >= 4 is 44.5 Å². The number of hydrogen-bond acceptors (Lipinski definition) is 2. The second kappa shape index (κ2) is 5.31. The lowest BCUT2D eigenvalue weighted by Gasteiger charge is -2.12. The molecule has 0 aliphatic heterocycles. The average molecular weight is 369 g/mol. The molecule has 0 spiro atoms. The summed E-state index contributed by atoms with van der Waals surface area (Å²) in [6.45, 7) is 2.06. The molecule has 0 bridgehead atoms. The van der Waals surface area contributed by atoms with E-state index in [9.17, 15) is 4.39 Å². The van der Waals surface area contributed by atoms with Crippen LogP contribution in [-0.4, -0.2) is 9.55 Å². The fraction of sp³-hybridized carbons (Fsp3) is 0.133. The number of hydrogen-bond donors (Lipinski definition) is 1. The zero-order valence-electron chi connectivity index (χ0n) is 11.2. The van der Waals surface area contributed by atoms with E-state index in [4.69, 9.17) is 17.3 Å². The Labute approximate surface area is 134 Å². The van der Waals surface area contributed by atoms with E-state index in [-0.39, 0.29) is 5.02 Å². The summed E-state index contributed by atoms with van der Waals surface area (Å²) in [6.07, 6.45) is 0.836. The van der Waals surface area contributed by atoms with Crippen molar-refractivity contribution in [2.45, 2.75) is 13.3 Å². The Morgan fingerprint density at radius 3 is 2.81 bits per heavy atom. The molecule has 3 rings (SSSR count). The number of aryl methyl sites for hydroxylation is 1. The Balaban J connectivity index is 2.35. The summed E-state index contributed by atoms with van der Waals surface area (Å²) < 4.78 is 16.4. The van der Waals surface area contributed by atoms with Gasteiger partial charge in [-0.3, -0.25) is 4.57 Å². The molecule has 1 heterocycles. The predicted molar refractivity (Wildman–Crippen MR) is 87.5 cm³/mol. The van der Waals surface area contributed by atoms with Crippen LogP contribution in [0.2, 0.25) is 5.02 Å². The van der Waals surface area contributed by atoms with Gasteiger partial charge in [0.1, 0.15) is 5.82 Å². The second-order valence-electron chi connectivity index (χ2n) is 4.69. The number of nitrogens with two attached hydrogens (primary N) is 1. The van der Waals surface area contributed by atoms with Crippen molar-refractivity contribution in [1.29, 1.82) is 0 Å². The van der Waals surface area contributed by atoms with E-state index in [0.717, 1.165) is 22.1 Å². The van der Waals surface area contributed by atoms with Gasteiger partial charge in [-0.15, -0.1) is 0 Å². The normalized spacial score (nSPS) is 11.2. The SMILES string of the molecule is CCc1cc(Br)ccc1-n1c(N)nc2cc(F)c(Cl)cc21. The van der Waals surface area contributed by atoms with E-state index in [2.05, 4.69) is 27.8 Å². The van der Waals surface area contributed by atoms with Crippen molar-refractivity contribution in [1.82, 2.24) is 9.55 Å². The Morgan fingerprint density at radius 1 is 1.33 bits per heavy atom. The molecule has 108 valence electrons. The van der Waals surface area contributed by atoms with Gasteiger partial charge in [-0.2, -0.15) is 0 Å². The molecule has 2 aromatic carbocycles. The molecule has 2 N–H and O–H groups in total. The maximum atomic E-state index is 13.6. The minimum Gasteiger partial charge on any atom is -0.369 e. The highest BCUT2D eigenvalue weighted by atomic mass is 79.9. The van der Waals surface area contributed by atoms with Gasteiger partial charge >= 0.3 is 0 Å². The summed E-state index contributed by atoms with van der Waals surface area (Å²) in [4.78, 5) is 4.22. The summed E-state index contributed by atoms with van der Waals surface area (Å²) in [5.74, 6) is -0.191. The molecule has 6 heteroatoms. The van der Waals surface area contributed by atoms with Gasteiger partial charge in [0, 0.05) is 10.5 Å². The van der Waals surface area contributed by atoms with Gasteiger partial charge in [0.05, 0.1) is 21.7 Å². The van der Waals surface area contributed by atoms with Crippen LogP contribution in [0.3, 0.4) is 0 Å². The molecule has 1 aromatic heterocycles. The third-order valence-electron chi connectivity index (χ3n) is 3.39. The van der Waals surface area contributed by atoms with Crippen LogP contribution < -0.4 is 5.73 Å². The Hall–Kier alpha value is -1.59. The van der Waals surface area contributed by atoms with E-state index < -0.39 is 5.82 Å². The highest BCUT2D eigenvalue weighted by molar-refractivity contribution is 9.10. The van der Waals surface area contributed by atoms with E-state index >= 15 is 0 Å². The molecule has 0 radical (unpaired) electrons. The van der Waals surface area contributed by atoms with E-state index in [1.807, 2.05) is 18.2 Å². The minimum absolute atomic E-state index is 0.0545. The van der Waals surface area contributed by atoms with Gasteiger partial charge in [0.2, 0.25) is 5.95 Å². The number of nitrogens with zero attached hydrogens (tertiary/aromatic N) is 2. The highest BCUT2D eigenvalue weighted by Crippen LogP contribution is 2.30. The van der Waals surface area contributed by atoms with Gasteiger partial charge < -0.3 is 5.73 Å². The van der Waals surface area contributed by atoms with Gasteiger partial charge in [0.25, 0.3) is 0 Å². The number of anilines is 1. The molecule has 0 saturated heterocycles. The third-order valence-corrected chi connectivity index (χ3v) is 4.17. The first kappa shape index (κ1) is 14.4. The quantitative estimate of drug-likeness (QED) is 0.711. The monoisotopic (exact) mass is 367 g/mol. The maximum absolute atomic E-state index is 13.6. The van der Waals surface area contributed by atoms with Crippen LogP contribution in [0.1, 0.15) is 12.5 Å². The number of benzene rings is 2. The summed E-state index contributed by atoms with van der Waals surface area (Å²) in [6, 6.07) is 8.78. The molecule has 0 aliphatic rings. The Morgan fingerprint density at radius 2 is 2.10 bits per heavy atom. The molecule has 0 amide bonds. The van der Waals surface area contributed by atoms with Crippen LogP contribution in [0.25, 0.3) is 16.7 Å². The summed E-state index contributed by atoms with van der Waals surface area (Å²) >= 11 is 9.35. The van der Waals surface area contributed by atoms with Crippen molar-refractivity contribution < 1.29 is 4.39 Å². The molecule has 21 heavy (non-hydrogen) atoms. The zero-order chi connectivity index (χ0) is 15.1. The number of nitrogen functional groups attached to an aromatic ring is 1. The van der Waals surface area contributed by atoms with Crippen molar-refractivity contribution in [3.05, 3.63) is 51.2 Å². The fourth-order valence-corrected chi connectivity index (χ4v) is 2.97. The lowest BCUT2D eigenvalue weighted by molar-refractivity contribution is 0.630. The molecule has 0 unspecified atom stereocenters. The molecule has 3 aromatic rings. The predicted octanol–water partition coefficient (Wildman–Crippen LogP) is 4.73. The summed E-state index contributed by atoms with van der Waals surface area (Å²) in [7, 11) is 0. The lowest BCUT2D eigenvalue weighted by atomic mass is 10.1. The standard InChI is InChI=1S/C15H12BrClFN3/c1-2-8-5-9(16)3-4-13(8)21-14-6-10(17)11(18)7-12(14)20-15(21)19/h3-7H,2H2,1H3,(H2,19,20). The smallest absolute Gasteiger partial charge is 0.205 e. The van der Waals surface area contributed by atoms with Crippen LogP contribution in [0.4, 0.5) is 10.3 Å². The van der Waals surface area contributed by atoms with Crippen LogP contribution in [0, 0.1) is 5.82 Å². The largest absolute Gasteiger partial charge is 0.369 e. The van der Waals surface area contributed by atoms with Crippen LogP contribution in [0.15, 0.2) is 34.8 Å². The first-order valence-electron chi connectivity index (χ1n) is 6.43. The topological polar surface area (TPSA) is 43.8 Å². The highest BCUT2D eigenvalue weighted by Gasteiger charge is 2.15. The number of fused-ring (bicyclic) bond motifs is 1. The molecular formula is C15H12BrClFN3. The summed E-state index contributed by atoms with van der Waals surface area (Å²) in [5.41, 5.74) is 9.22. The van der Waals surface area contributed by atoms with Crippen molar-refractivity contribution in [3.8, 4) is 5.69 Å². The summed E-state index contributed by atoms with van der Waals surface area (Å²) in [5, 5.41) is 0.0545. The first-order valence-corrected chi connectivity index (χ1v) is 7.60. The van der Waals surface area contributed by atoms with Gasteiger partial charge in [-0.05, 0) is 36.2 Å². The van der Waals surface area contributed by atoms with Crippen LogP contribution >= 0.6 is 27.5 Å². The lowest BCUT2D eigenvalue weighted by Crippen LogP contribution is -2.03. The minimum atomic E-state index is -0.500. The van der Waals surface area contributed by atoms with Crippen molar-refractivity contribution in [2.75, 3.05) is 5.73 Å². The van der Waals surface area contributed by atoms with Crippen LogP contribution in [0.5, 0.6) is 0 Å².